The maximum atomic E-state index is 12.8. The maximum Gasteiger partial charge on any atom is 0.235 e. The van der Waals surface area contributed by atoms with E-state index in [1.807, 2.05) is 62.6 Å². The first-order valence-corrected chi connectivity index (χ1v) is 9.32. The first-order chi connectivity index (χ1) is 12.5. The van der Waals surface area contributed by atoms with Crippen LogP contribution < -0.4 is 10.1 Å². The fraction of sp³-hybridized carbons (Fsp3) is 0.381. The zero-order valence-electron chi connectivity index (χ0n) is 15.3. The number of hydrogen-bond donors (Lipinski definition) is 1. The van der Waals surface area contributed by atoms with Gasteiger partial charge in [0.15, 0.2) is 0 Å². The standard InChI is InChI=1S/C21H25ClN2O2/c1-24(2)13-4-14-26-19-9-7-18(8-10-19)23-20(25)21(11-12-21)16-5-3-6-17(22)15-16/h3,5-10,15H,4,11-14H2,1-2H3,(H,23,25). The topological polar surface area (TPSA) is 41.6 Å². The van der Waals surface area contributed by atoms with Crippen molar-refractivity contribution >= 4 is 23.2 Å². The van der Waals surface area contributed by atoms with Gasteiger partial charge in [0.25, 0.3) is 0 Å². The largest absolute Gasteiger partial charge is 0.494 e. The minimum Gasteiger partial charge on any atom is -0.494 e. The van der Waals surface area contributed by atoms with Crippen molar-refractivity contribution in [2.45, 2.75) is 24.7 Å². The van der Waals surface area contributed by atoms with Crippen LogP contribution in [0.15, 0.2) is 48.5 Å². The average molecular weight is 373 g/mol. The fourth-order valence-electron chi connectivity index (χ4n) is 3.01. The number of rotatable bonds is 8. The molecule has 1 amide bonds. The van der Waals surface area contributed by atoms with Crippen LogP contribution in [0.25, 0.3) is 0 Å². The Kier molecular flexibility index (Phi) is 5.84. The molecule has 1 aliphatic carbocycles. The molecule has 2 aromatic rings. The molecule has 1 saturated carbocycles. The smallest absolute Gasteiger partial charge is 0.235 e. The molecule has 2 aromatic carbocycles. The van der Waals surface area contributed by atoms with Gasteiger partial charge in [-0.1, -0.05) is 23.7 Å². The van der Waals surface area contributed by atoms with Crippen LogP contribution in [0.2, 0.25) is 5.02 Å². The second-order valence-corrected chi connectivity index (χ2v) is 7.51. The van der Waals surface area contributed by atoms with E-state index in [1.54, 1.807) is 0 Å². The van der Waals surface area contributed by atoms with Gasteiger partial charge in [0, 0.05) is 17.3 Å². The third-order valence-corrected chi connectivity index (χ3v) is 4.93. The van der Waals surface area contributed by atoms with Crippen LogP contribution in [0, 0.1) is 0 Å². The average Bonchev–Trinajstić information content (AvgIpc) is 3.42. The molecule has 0 saturated heterocycles. The SMILES string of the molecule is CN(C)CCCOc1ccc(NC(=O)C2(c3cccc(Cl)c3)CC2)cc1. The predicted octanol–water partition coefficient (Wildman–Crippen LogP) is 4.34. The molecule has 138 valence electrons. The summed E-state index contributed by atoms with van der Waals surface area (Å²) in [4.78, 5) is 14.9. The Morgan fingerprint density at radius 1 is 1.19 bits per heavy atom. The van der Waals surface area contributed by atoms with E-state index in [1.165, 1.54) is 0 Å². The van der Waals surface area contributed by atoms with E-state index in [9.17, 15) is 4.79 Å². The molecule has 0 atom stereocenters. The lowest BCUT2D eigenvalue weighted by atomic mass is 9.95. The van der Waals surface area contributed by atoms with Crippen LogP contribution in [0.3, 0.4) is 0 Å². The van der Waals surface area contributed by atoms with Gasteiger partial charge < -0.3 is 15.0 Å². The highest BCUT2D eigenvalue weighted by Gasteiger charge is 2.51. The molecule has 0 bridgehead atoms. The molecule has 26 heavy (non-hydrogen) atoms. The number of anilines is 1. The lowest BCUT2D eigenvalue weighted by Gasteiger charge is -2.16. The highest BCUT2D eigenvalue weighted by atomic mass is 35.5. The van der Waals surface area contributed by atoms with Crippen molar-refractivity contribution < 1.29 is 9.53 Å². The van der Waals surface area contributed by atoms with Crippen molar-refractivity contribution in [1.29, 1.82) is 0 Å². The molecule has 0 aromatic heterocycles. The molecule has 0 spiro atoms. The Hall–Kier alpha value is -2.04. The van der Waals surface area contributed by atoms with Crippen molar-refractivity contribution in [2.75, 3.05) is 32.6 Å². The van der Waals surface area contributed by atoms with Crippen molar-refractivity contribution in [2.24, 2.45) is 0 Å². The van der Waals surface area contributed by atoms with Crippen molar-refractivity contribution in [3.63, 3.8) is 0 Å². The van der Waals surface area contributed by atoms with E-state index in [4.69, 9.17) is 16.3 Å². The molecule has 5 heteroatoms. The summed E-state index contributed by atoms with van der Waals surface area (Å²) in [5, 5.41) is 3.69. The van der Waals surface area contributed by atoms with Gasteiger partial charge in [-0.05, 0) is 75.3 Å². The van der Waals surface area contributed by atoms with Crippen molar-refractivity contribution in [1.82, 2.24) is 4.90 Å². The van der Waals surface area contributed by atoms with Gasteiger partial charge >= 0.3 is 0 Å². The third kappa shape index (κ3) is 4.57. The van der Waals surface area contributed by atoms with E-state index in [0.717, 1.165) is 42.8 Å². The Bertz CT molecular complexity index is 755. The zero-order chi connectivity index (χ0) is 18.6. The maximum absolute atomic E-state index is 12.8. The van der Waals surface area contributed by atoms with Crippen LogP contribution in [0.5, 0.6) is 5.75 Å². The van der Waals surface area contributed by atoms with E-state index >= 15 is 0 Å². The van der Waals surface area contributed by atoms with Gasteiger partial charge in [-0.25, -0.2) is 0 Å². The molecule has 0 radical (unpaired) electrons. The van der Waals surface area contributed by atoms with Crippen molar-refractivity contribution in [3.05, 3.63) is 59.1 Å². The number of nitrogens with one attached hydrogen (secondary N) is 1. The Morgan fingerprint density at radius 3 is 2.54 bits per heavy atom. The Balaban J connectivity index is 1.56. The fourth-order valence-corrected chi connectivity index (χ4v) is 3.20. The Morgan fingerprint density at radius 2 is 1.92 bits per heavy atom. The number of nitrogens with zero attached hydrogens (tertiary/aromatic N) is 1. The molecule has 0 unspecified atom stereocenters. The highest BCUT2D eigenvalue weighted by molar-refractivity contribution is 6.30. The second kappa shape index (κ2) is 8.11. The summed E-state index contributed by atoms with van der Waals surface area (Å²) < 4.78 is 5.72. The molecule has 1 aliphatic rings. The zero-order valence-corrected chi connectivity index (χ0v) is 16.1. The van der Waals surface area contributed by atoms with Crippen LogP contribution in [-0.4, -0.2) is 38.1 Å². The first-order valence-electron chi connectivity index (χ1n) is 8.95. The number of hydrogen-bond acceptors (Lipinski definition) is 3. The van der Waals surface area contributed by atoms with Crippen molar-refractivity contribution in [3.8, 4) is 5.75 Å². The molecule has 4 nitrogen and oxygen atoms in total. The Labute approximate surface area is 160 Å². The summed E-state index contributed by atoms with van der Waals surface area (Å²) in [6.07, 6.45) is 2.69. The monoisotopic (exact) mass is 372 g/mol. The van der Waals surface area contributed by atoms with E-state index < -0.39 is 5.41 Å². The quantitative estimate of drug-likeness (QED) is 0.701. The van der Waals surface area contributed by atoms with Crippen LogP contribution in [-0.2, 0) is 10.2 Å². The minimum atomic E-state index is -0.438. The molecule has 0 aliphatic heterocycles. The second-order valence-electron chi connectivity index (χ2n) is 7.08. The summed E-state index contributed by atoms with van der Waals surface area (Å²) in [7, 11) is 4.10. The number of carbonyl (C=O) groups excluding carboxylic acids is 1. The molecule has 1 fully saturated rings. The number of ether oxygens (including phenoxy) is 1. The van der Waals surface area contributed by atoms with E-state index in [2.05, 4.69) is 10.2 Å². The van der Waals surface area contributed by atoms with Gasteiger partial charge in [0.05, 0.1) is 12.0 Å². The van der Waals surface area contributed by atoms with Crippen LogP contribution in [0.4, 0.5) is 5.69 Å². The number of halogens is 1. The van der Waals surface area contributed by atoms with Crippen LogP contribution in [0.1, 0.15) is 24.8 Å². The van der Waals surface area contributed by atoms with Gasteiger partial charge in [0.1, 0.15) is 5.75 Å². The van der Waals surface area contributed by atoms with Crippen LogP contribution >= 0.6 is 11.6 Å². The molecule has 1 N–H and O–H groups in total. The predicted molar refractivity (Wildman–Crippen MR) is 106 cm³/mol. The lowest BCUT2D eigenvalue weighted by Crippen LogP contribution is -2.27. The summed E-state index contributed by atoms with van der Waals surface area (Å²) in [5.74, 6) is 0.845. The lowest BCUT2D eigenvalue weighted by molar-refractivity contribution is -0.118. The molecule has 0 heterocycles. The first kappa shape index (κ1) is 18.7. The van der Waals surface area contributed by atoms with E-state index in [0.29, 0.717) is 11.6 Å². The number of benzene rings is 2. The van der Waals surface area contributed by atoms with Gasteiger partial charge in [-0.2, -0.15) is 0 Å². The van der Waals surface area contributed by atoms with Gasteiger partial charge in [-0.3, -0.25) is 4.79 Å². The third-order valence-electron chi connectivity index (χ3n) is 4.69. The normalized spacial score (nSPS) is 14.9. The summed E-state index contributed by atoms with van der Waals surface area (Å²) in [6.45, 7) is 1.68. The van der Waals surface area contributed by atoms with E-state index in [-0.39, 0.29) is 5.91 Å². The summed E-state index contributed by atoms with van der Waals surface area (Å²) >= 11 is 6.08. The number of amides is 1. The molecular formula is C21H25ClN2O2. The van der Waals surface area contributed by atoms with Gasteiger partial charge in [-0.15, -0.1) is 0 Å². The van der Waals surface area contributed by atoms with Gasteiger partial charge in [0.2, 0.25) is 5.91 Å². The molecule has 3 rings (SSSR count). The highest BCUT2D eigenvalue weighted by Crippen LogP contribution is 2.49. The summed E-state index contributed by atoms with van der Waals surface area (Å²) in [6, 6.07) is 15.1. The minimum absolute atomic E-state index is 0.0272. The molecular weight excluding hydrogens is 348 g/mol. The number of carbonyl (C=O) groups is 1. The summed E-state index contributed by atoms with van der Waals surface area (Å²) in [5.41, 5.74) is 1.33.